The van der Waals surface area contributed by atoms with Crippen LogP contribution >= 0.6 is 15.9 Å². The Kier molecular flexibility index (Phi) is 3.56. The van der Waals surface area contributed by atoms with Crippen molar-refractivity contribution in [1.82, 2.24) is 4.90 Å². The molecule has 1 aromatic rings. The lowest BCUT2D eigenvalue weighted by Gasteiger charge is -2.21. The van der Waals surface area contributed by atoms with Crippen molar-refractivity contribution in [2.24, 2.45) is 0 Å². The lowest BCUT2D eigenvalue weighted by Crippen LogP contribution is -2.40. The van der Waals surface area contributed by atoms with E-state index >= 15 is 0 Å². The van der Waals surface area contributed by atoms with Gasteiger partial charge in [-0.15, -0.1) is 0 Å². The molecule has 18 heavy (non-hydrogen) atoms. The number of rotatable bonds is 2. The van der Waals surface area contributed by atoms with Gasteiger partial charge in [0.1, 0.15) is 11.8 Å². The van der Waals surface area contributed by atoms with Crippen LogP contribution in [0.3, 0.4) is 0 Å². The second-order valence-electron chi connectivity index (χ2n) is 4.16. The molecule has 0 bridgehead atoms. The summed E-state index contributed by atoms with van der Waals surface area (Å²) in [7, 11) is 0. The molecule has 0 saturated carbocycles. The van der Waals surface area contributed by atoms with Crippen LogP contribution in [0.5, 0.6) is 5.75 Å². The van der Waals surface area contributed by atoms with Gasteiger partial charge in [-0.1, -0.05) is 15.9 Å². The Balaban J connectivity index is 2.28. The van der Waals surface area contributed by atoms with Crippen molar-refractivity contribution in [1.29, 1.82) is 0 Å². The van der Waals surface area contributed by atoms with Crippen LogP contribution in [0.1, 0.15) is 23.2 Å². The fraction of sp³-hybridized carbons (Fsp3) is 0.333. The van der Waals surface area contributed by atoms with E-state index in [0.29, 0.717) is 23.9 Å². The van der Waals surface area contributed by atoms with E-state index in [1.165, 1.54) is 17.0 Å². The standard InChI is InChI=1S/C12H12BrNO4/c13-7-3-4-8(10(15)6-7)11(16)14-5-1-2-9(14)12(17)18/h3-4,6,9,15H,1-2,5H2,(H,17,18)/t9-/m1/s1. The van der Waals surface area contributed by atoms with E-state index in [-0.39, 0.29) is 11.3 Å². The van der Waals surface area contributed by atoms with Crippen molar-refractivity contribution in [3.05, 3.63) is 28.2 Å². The Morgan fingerprint density at radius 1 is 1.39 bits per heavy atom. The molecular formula is C12H12BrNO4. The highest BCUT2D eigenvalue weighted by Crippen LogP contribution is 2.27. The van der Waals surface area contributed by atoms with E-state index in [1.54, 1.807) is 6.07 Å². The highest BCUT2D eigenvalue weighted by Gasteiger charge is 2.35. The summed E-state index contributed by atoms with van der Waals surface area (Å²) in [5.41, 5.74) is 0.131. The van der Waals surface area contributed by atoms with Gasteiger partial charge in [0.2, 0.25) is 0 Å². The van der Waals surface area contributed by atoms with E-state index in [1.807, 2.05) is 0 Å². The van der Waals surface area contributed by atoms with Crippen LogP contribution < -0.4 is 0 Å². The Bertz CT molecular complexity index is 503. The molecule has 1 amide bonds. The van der Waals surface area contributed by atoms with E-state index in [2.05, 4.69) is 15.9 Å². The number of likely N-dealkylation sites (tertiary alicyclic amines) is 1. The maximum Gasteiger partial charge on any atom is 0.326 e. The minimum atomic E-state index is -1.00. The molecule has 0 unspecified atom stereocenters. The zero-order valence-electron chi connectivity index (χ0n) is 9.47. The maximum atomic E-state index is 12.2. The number of phenolic OH excluding ortho intramolecular Hbond substituents is 1. The monoisotopic (exact) mass is 313 g/mol. The molecular weight excluding hydrogens is 302 g/mol. The molecule has 0 aromatic heterocycles. The van der Waals surface area contributed by atoms with Crippen LogP contribution in [0, 0.1) is 0 Å². The molecule has 1 heterocycles. The molecule has 1 aliphatic heterocycles. The first-order chi connectivity index (χ1) is 8.50. The first kappa shape index (κ1) is 12.9. The van der Waals surface area contributed by atoms with Crippen molar-refractivity contribution in [2.45, 2.75) is 18.9 Å². The van der Waals surface area contributed by atoms with E-state index in [4.69, 9.17) is 5.11 Å². The second-order valence-corrected chi connectivity index (χ2v) is 5.07. The molecule has 96 valence electrons. The quantitative estimate of drug-likeness (QED) is 0.873. The van der Waals surface area contributed by atoms with Gasteiger partial charge < -0.3 is 15.1 Å². The molecule has 1 aromatic carbocycles. The molecule has 0 radical (unpaired) electrons. The third-order valence-electron chi connectivity index (χ3n) is 2.99. The molecule has 0 aliphatic carbocycles. The van der Waals surface area contributed by atoms with Gasteiger partial charge in [-0.25, -0.2) is 4.79 Å². The Morgan fingerprint density at radius 2 is 2.11 bits per heavy atom. The normalized spacial score (nSPS) is 18.9. The predicted molar refractivity (Wildman–Crippen MR) is 67.5 cm³/mol. The number of carbonyl (C=O) groups is 2. The first-order valence-corrected chi connectivity index (χ1v) is 6.32. The van der Waals surface area contributed by atoms with Crippen molar-refractivity contribution < 1.29 is 19.8 Å². The molecule has 2 N–H and O–H groups in total. The number of carboxylic acid groups (broad SMARTS) is 1. The largest absolute Gasteiger partial charge is 0.507 e. The number of aliphatic carboxylic acids is 1. The predicted octanol–water partition coefficient (Wildman–Crippen LogP) is 1.84. The van der Waals surface area contributed by atoms with E-state index < -0.39 is 17.9 Å². The van der Waals surface area contributed by atoms with Crippen LogP contribution in [0.4, 0.5) is 0 Å². The summed E-state index contributed by atoms with van der Waals surface area (Å²) >= 11 is 3.18. The van der Waals surface area contributed by atoms with Crippen LogP contribution in [-0.4, -0.2) is 39.6 Å². The molecule has 5 nitrogen and oxygen atoms in total. The van der Waals surface area contributed by atoms with Crippen molar-refractivity contribution >= 4 is 27.8 Å². The van der Waals surface area contributed by atoms with Gasteiger partial charge in [0.25, 0.3) is 5.91 Å². The summed E-state index contributed by atoms with van der Waals surface area (Å²) in [6.07, 6.45) is 1.12. The Morgan fingerprint density at radius 3 is 2.72 bits per heavy atom. The summed E-state index contributed by atoms with van der Waals surface area (Å²) in [5.74, 6) is -1.59. The average Bonchev–Trinajstić information content (AvgIpc) is 2.77. The molecule has 1 fully saturated rings. The molecule has 1 aliphatic rings. The maximum absolute atomic E-state index is 12.2. The Hall–Kier alpha value is -1.56. The Labute approximate surface area is 112 Å². The summed E-state index contributed by atoms with van der Waals surface area (Å²) in [6.45, 7) is 0.408. The summed E-state index contributed by atoms with van der Waals surface area (Å²) in [5, 5.41) is 18.8. The van der Waals surface area contributed by atoms with Crippen molar-refractivity contribution in [3.63, 3.8) is 0 Å². The number of nitrogens with zero attached hydrogens (tertiary/aromatic N) is 1. The van der Waals surface area contributed by atoms with Crippen LogP contribution in [0.2, 0.25) is 0 Å². The molecule has 1 atom stereocenters. The topological polar surface area (TPSA) is 77.8 Å². The number of aromatic hydroxyl groups is 1. The van der Waals surface area contributed by atoms with Crippen LogP contribution in [0.15, 0.2) is 22.7 Å². The number of benzene rings is 1. The van der Waals surface area contributed by atoms with Gasteiger partial charge >= 0.3 is 5.97 Å². The van der Waals surface area contributed by atoms with Gasteiger partial charge in [-0.2, -0.15) is 0 Å². The van der Waals surface area contributed by atoms with E-state index in [9.17, 15) is 14.7 Å². The minimum Gasteiger partial charge on any atom is -0.507 e. The summed E-state index contributed by atoms with van der Waals surface area (Å²) < 4.78 is 0.660. The second kappa shape index (κ2) is 4.97. The third kappa shape index (κ3) is 2.33. The lowest BCUT2D eigenvalue weighted by molar-refractivity contribution is -0.141. The zero-order chi connectivity index (χ0) is 13.3. The number of halogens is 1. The molecule has 6 heteroatoms. The highest BCUT2D eigenvalue weighted by atomic mass is 79.9. The van der Waals surface area contributed by atoms with Crippen LogP contribution in [0.25, 0.3) is 0 Å². The van der Waals surface area contributed by atoms with Gasteiger partial charge in [0, 0.05) is 11.0 Å². The fourth-order valence-electron chi connectivity index (χ4n) is 2.11. The van der Waals surface area contributed by atoms with Gasteiger partial charge in [0.15, 0.2) is 0 Å². The van der Waals surface area contributed by atoms with Crippen LogP contribution in [-0.2, 0) is 4.79 Å². The number of hydrogen-bond acceptors (Lipinski definition) is 3. The summed E-state index contributed by atoms with van der Waals surface area (Å²) in [6, 6.07) is 3.75. The van der Waals surface area contributed by atoms with Crippen molar-refractivity contribution in [3.8, 4) is 5.75 Å². The highest BCUT2D eigenvalue weighted by molar-refractivity contribution is 9.10. The number of phenols is 1. The van der Waals surface area contributed by atoms with Gasteiger partial charge in [-0.3, -0.25) is 4.79 Å². The molecule has 2 rings (SSSR count). The van der Waals surface area contributed by atoms with E-state index in [0.717, 1.165) is 0 Å². The van der Waals surface area contributed by atoms with Crippen molar-refractivity contribution in [2.75, 3.05) is 6.54 Å². The van der Waals surface area contributed by atoms with Gasteiger partial charge in [-0.05, 0) is 31.0 Å². The minimum absolute atomic E-state index is 0.131. The lowest BCUT2D eigenvalue weighted by atomic mass is 10.1. The third-order valence-corrected chi connectivity index (χ3v) is 3.48. The van der Waals surface area contributed by atoms with Gasteiger partial charge in [0.05, 0.1) is 5.56 Å². The number of carbonyl (C=O) groups excluding carboxylic acids is 1. The average molecular weight is 314 g/mol. The first-order valence-electron chi connectivity index (χ1n) is 5.53. The molecule has 0 spiro atoms. The molecule has 1 saturated heterocycles. The number of amides is 1. The number of carboxylic acids is 1. The smallest absolute Gasteiger partial charge is 0.326 e. The fourth-order valence-corrected chi connectivity index (χ4v) is 2.46. The summed E-state index contributed by atoms with van der Waals surface area (Å²) in [4.78, 5) is 24.5. The number of hydrogen-bond donors (Lipinski definition) is 2. The zero-order valence-corrected chi connectivity index (χ0v) is 11.1. The SMILES string of the molecule is O=C(O)[C@H]1CCCN1C(=O)c1ccc(Br)cc1O.